The third-order valence-corrected chi connectivity index (χ3v) is 2.99. The Kier molecular flexibility index (Phi) is 2.73. The lowest BCUT2D eigenvalue weighted by Crippen LogP contribution is -2.23. The molecule has 1 aliphatic heterocycles. The van der Waals surface area contributed by atoms with Gasteiger partial charge in [0.1, 0.15) is 0 Å². The van der Waals surface area contributed by atoms with Gasteiger partial charge in [0.05, 0.1) is 19.3 Å². The first-order valence-electron chi connectivity index (χ1n) is 5.43. The molecule has 2 fully saturated rings. The normalized spacial score (nSPS) is 37.7. The van der Waals surface area contributed by atoms with Crippen molar-refractivity contribution < 1.29 is 19.0 Å². The molecular weight excluding hydrogens is 196 g/mol. The Morgan fingerprint density at radius 3 is 2.80 bits per heavy atom. The fourth-order valence-electron chi connectivity index (χ4n) is 2.07. The molecule has 1 saturated heterocycles. The number of hydrogen-bond donors (Lipinski definition) is 0. The van der Waals surface area contributed by atoms with Crippen LogP contribution in [0.4, 0.5) is 0 Å². The maximum atomic E-state index is 10.6. The number of carbonyl (C=O) groups excluding carboxylic acids is 1. The smallest absolute Gasteiger partial charge is 0.302 e. The van der Waals surface area contributed by atoms with Gasteiger partial charge in [0, 0.05) is 6.92 Å². The summed E-state index contributed by atoms with van der Waals surface area (Å²) in [6.07, 6.45) is 1.26. The molecule has 4 nitrogen and oxygen atoms in total. The van der Waals surface area contributed by atoms with E-state index in [0.29, 0.717) is 25.0 Å². The predicted octanol–water partition coefficient (Wildman–Crippen LogP) is 1.34. The fraction of sp³-hybridized carbons (Fsp3) is 0.909. The summed E-state index contributed by atoms with van der Waals surface area (Å²) in [6.45, 7) is 6.48. The molecule has 1 unspecified atom stereocenters. The molecule has 2 rings (SSSR count). The molecule has 1 heterocycles. The Bertz CT molecular complexity index is 261. The van der Waals surface area contributed by atoms with Gasteiger partial charge in [0.25, 0.3) is 0 Å². The quantitative estimate of drug-likeness (QED) is 0.665. The fourth-order valence-corrected chi connectivity index (χ4v) is 2.07. The van der Waals surface area contributed by atoms with Crippen LogP contribution in [0.25, 0.3) is 0 Å². The molecule has 1 aliphatic carbocycles. The van der Waals surface area contributed by atoms with Crippen LogP contribution in [0.2, 0.25) is 0 Å². The van der Waals surface area contributed by atoms with Crippen molar-refractivity contribution in [1.82, 2.24) is 0 Å². The van der Waals surface area contributed by atoms with E-state index in [1.165, 1.54) is 6.92 Å². The average Bonchev–Trinajstić information content (AvgIpc) is 2.81. The largest absolute Gasteiger partial charge is 0.466 e. The Morgan fingerprint density at radius 2 is 2.27 bits per heavy atom. The standard InChI is InChI=1S/C11H18O4/c1-7(12)13-5-8-4-9(8)10-6-14-11(2,3)15-10/h8-10H,4-6H2,1-3H3/t8-,9+,10?/m0/s1. The monoisotopic (exact) mass is 214 g/mol. The molecule has 0 N–H and O–H groups in total. The van der Waals surface area contributed by atoms with Crippen LogP contribution in [0.3, 0.4) is 0 Å². The zero-order valence-electron chi connectivity index (χ0n) is 9.49. The SMILES string of the molecule is CC(=O)OC[C@@H]1C[C@H]1C1COC(C)(C)O1. The predicted molar refractivity (Wildman–Crippen MR) is 53.1 cm³/mol. The van der Waals surface area contributed by atoms with Crippen LogP contribution in [0.5, 0.6) is 0 Å². The van der Waals surface area contributed by atoms with E-state index in [1.54, 1.807) is 0 Å². The van der Waals surface area contributed by atoms with Gasteiger partial charge >= 0.3 is 5.97 Å². The third-order valence-electron chi connectivity index (χ3n) is 2.99. The number of rotatable bonds is 3. The van der Waals surface area contributed by atoms with Gasteiger partial charge in [0.15, 0.2) is 5.79 Å². The minimum Gasteiger partial charge on any atom is -0.466 e. The summed E-state index contributed by atoms with van der Waals surface area (Å²) in [5.74, 6) is 0.325. The molecule has 4 heteroatoms. The molecule has 0 radical (unpaired) electrons. The summed E-state index contributed by atoms with van der Waals surface area (Å²) >= 11 is 0. The van der Waals surface area contributed by atoms with Gasteiger partial charge in [-0.2, -0.15) is 0 Å². The Hall–Kier alpha value is -0.610. The highest BCUT2D eigenvalue weighted by Gasteiger charge is 2.49. The van der Waals surface area contributed by atoms with E-state index in [0.717, 1.165) is 6.42 Å². The van der Waals surface area contributed by atoms with Crippen molar-refractivity contribution in [3.63, 3.8) is 0 Å². The minimum absolute atomic E-state index is 0.181. The van der Waals surface area contributed by atoms with Crippen LogP contribution in [0.1, 0.15) is 27.2 Å². The van der Waals surface area contributed by atoms with Crippen LogP contribution < -0.4 is 0 Å². The van der Waals surface area contributed by atoms with E-state index in [1.807, 2.05) is 13.8 Å². The van der Waals surface area contributed by atoms with Crippen molar-refractivity contribution in [3.05, 3.63) is 0 Å². The maximum Gasteiger partial charge on any atom is 0.302 e. The van der Waals surface area contributed by atoms with Gasteiger partial charge in [-0.3, -0.25) is 4.79 Å². The highest BCUT2D eigenvalue weighted by Crippen LogP contribution is 2.45. The summed E-state index contributed by atoms with van der Waals surface area (Å²) in [7, 11) is 0. The van der Waals surface area contributed by atoms with Gasteiger partial charge < -0.3 is 14.2 Å². The van der Waals surface area contributed by atoms with Crippen molar-refractivity contribution in [2.75, 3.05) is 13.2 Å². The summed E-state index contributed by atoms with van der Waals surface area (Å²) in [4.78, 5) is 10.6. The maximum absolute atomic E-state index is 10.6. The van der Waals surface area contributed by atoms with E-state index in [9.17, 15) is 4.79 Å². The molecular formula is C11H18O4. The van der Waals surface area contributed by atoms with Crippen LogP contribution in [-0.2, 0) is 19.0 Å². The lowest BCUT2D eigenvalue weighted by Gasteiger charge is -2.17. The second-order valence-corrected chi connectivity index (χ2v) is 4.83. The first-order valence-corrected chi connectivity index (χ1v) is 5.43. The van der Waals surface area contributed by atoms with Crippen molar-refractivity contribution >= 4 is 5.97 Å². The van der Waals surface area contributed by atoms with Gasteiger partial charge in [0.2, 0.25) is 0 Å². The first kappa shape index (κ1) is 10.9. The van der Waals surface area contributed by atoms with E-state index in [2.05, 4.69) is 0 Å². The van der Waals surface area contributed by atoms with E-state index in [-0.39, 0.29) is 12.1 Å². The van der Waals surface area contributed by atoms with Crippen LogP contribution in [0, 0.1) is 11.8 Å². The van der Waals surface area contributed by atoms with Crippen molar-refractivity contribution in [1.29, 1.82) is 0 Å². The Balaban J connectivity index is 1.73. The van der Waals surface area contributed by atoms with Crippen molar-refractivity contribution in [2.45, 2.75) is 39.1 Å². The van der Waals surface area contributed by atoms with Gasteiger partial charge in [-0.15, -0.1) is 0 Å². The van der Waals surface area contributed by atoms with Crippen molar-refractivity contribution in [3.8, 4) is 0 Å². The second kappa shape index (κ2) is 3.76. The Labute approximate surface area is 89.9 Å². The molecule has 86 valence electrons. The number of carbonyl (C=O) groups is 1. The summed E-state index contributed by atoms with van der Waals surface area (Å²) in [6, 6.07) is 0. The first-order chi connectivity index (χ1) is 6.98. The van der Waals surface area contributed by atoms with Crippen molar-refractivity contribution in [2.24, 2.45) is 11.8 Å². The topological polar surface area (TPSA) is 44.8 Å². The molecule has 15 heavy (non-hydrogen) atoms. The highest BCUT2D eigenvalue weighted by molar-refractivity contribution is 5.65. The lowest BCUT2D eigenvalue weighted by molar-refractivity contribution is -0.144. The molecule has 0 amide bonds. The molecule has 0 aromatic heterocycles. The molecule has 0 aromatic rings. The van der Waals surface area contributed by atoms with Gasteiger partial charge in [-0.1, -0.05) is 0 Å². The lowest BCUT2D eigenvalue weighted by atomic mass is 10.2. The molecule has 2 aliphatic rings. The summed E-state index contributed by atoms with van der Waals surface area (Å²) < 4.78 is 16.2. The molecule has 1 saturated carbocycles. The van der Waals surface area contributed by atoms with Crippen LogP contribution in [-0.4, -0.2) is 31.1 Å². The zero-order valence-corrected chi connectivity index (χ0v) is 9.49. The molecule has 3 atom stereocenters. The average molecular weight is 214 g/mol. The zero-order chi connectivity index (χ0) is 11.1. The van der Waals surface area contributed by atoms with Crippen LogP contribution >= 0.6 is 0 Å². The van der Waals surface area contributed by atoms with E-state index < -0.39 is 5.79 Å². The summed E-state index contributed by atoms with van der Waals surface area (Å²) in [5.41, 5.74) is 0. The van der Waals surface area contributed by atoms with E-state index in [4.69, 9.17) is 14.2 Å². The Morgan fingerprint density at radius 1 is 1.53 bits per heavy atom. The summed E-state index contributed by atoms with van der Waals surface area (Å²) in [5, 5.41) is 0. The van der Waals surface area contributed by atoms with E-state index >= 15 is 0 Å². The number of ether oxygens (including phenoxy) is 3. The van der Waals surface area contributed by atoms with Gasteiger partial charge in [-0.25, -0.2) is 0 Å². The third kappa shape index (κ3) is 2.69. The minimum atomic E-state index is -0.445. The van der Waals surface area contributed by atoms with Gasteiger partial charge in [-0.05, 0) is 32.1 Å². The second-order valence-electron chi connectivity index (χ2n) is 4.83. The highest BCUT2D eigenvalue weighted by atomic mass is 16.7. The number of esters is 1. The molecule has 0 spiro atoms. The molecule has 0 bridgehead atoms. The number of hydrogen-bond acceptors (Lipinski definition) is 4. The molecule has 0 aromatic carbocycles. The van der Waals surface area contributed by atoms with Crippen LogP contribution in [0.15, 0.2) is 0 Å².